The van der Waals surface area contributed by atoms with E-state index >= 15 is 0 Å². The van der Waals surface area contributed by atoms with Crippen molar-refractivity contribution in [3.8, 4) is 11.3 Å². The molecule has 0 spiro atoms. The number of hydrogen-bond acceptors (Lipinski definition) is 3. The molecule has 27 heavy (non-hydrogen) atoms. The molecule has 2 aromatic rings. The van der Waals surface area contributed by atoms with Gasteiger partial charge in [0.1, 0.15) is 11.6 Å². The minimum absolute atomic E-state index is 0.141. The Morgan fingerprint density at radius 1 is 1.33 bits per heavy atom. The Balaban J connectivity index is 1.89. The maximum Gasteiger partial charge on any atom is 0.141 e. The second-order valence-corrected chi connectivity index (χ2v) is 7.96. The number of benzene rings is 1. The van der Waals surface area contributed by atoms with E-state index in [9.17, 15) is 4.39 Å². The fourth-order valence-electron chi connectivity index (χ4n) is 3.83. The summed E-state index contributed by atoms with van der Waals surface area (Å²) in [6.45, 7) is 11.7. The van der Waals surface area contributed by atoms with Crippen molar-refractivity contribution in [3.05, 3.63) is 41.1 Å². The first-order valence-corrected chi connectivity index (χ1v) is 10.3. The molecule has 0 radical (unpaired) electrons. The molecule has 1 aromatic heterocycles. The summed E-state index contributed by atoms with van der Waals surface area (Å²) in [5.74, 6) is 1.21. The molecule has 4 nitrogen and oxygen atoms in total. The first-order chi connectivity index (χ1) is 13.0. The molecule has 1 aliphatic heterocycles. The van der Waals surface area contributed by atoms with E-state index in [1.807, 2.05) is 0 Å². The van der Waals surface area contributed by atoms with E-state index in [4.69, 9.17) is 16.6 Å². The maximum absolute atomic E-state index is 13.5. The van der Waals surface area contributed by atoms with Gasteiger partial charge in [-0.2, -0.15) is 0 Å². The number of aromatic nitrogens is 2. The van der Waals surface area contributed by atoms with Crippen molar-refractivity contribution < 1.29 is 4.39 Å². The Bertz CT molecular complexity index is 753. The van der Waals surface area contributed by atoms with Crippen LogP contribution in [0.25, 0.3) is 11.3 Å². The van der Waals surface area contributed by atoms with Gasteiger partial charge in [0.05, 0.1) is 10.7 Å². The van der Waals surface area contributed by atoms with E-state index in [1.165, 1.54) is 6.07 Å². The van der Waals surface area contributed by atoms with Crippen LogP contribution in [0.5, 0.6) is 0 Å². The summed E-state index contributed by atoms with van der Waals surface area (Å²) in [6, 6.07) is 5.36. The van der Waals surface area contributed by atoms with E-state index < -0.39 is 5.82 Å². The minimum atomic E-state index is -0.394. The molecule has 1 aromatic carbocycles. The first kappa shape index (κ1) is 20.3. The average molecular weight is 393 g/mol. The van der Waals surface area contributed by atoms with Gasteiger partial charge in [-0.1, -0.05) is 18.5 Å². The third-order valence-corrected chi connectivity index (χ3v) is 5.78. The number of nitrogens with one attached hydrogen (secondary N) is 1. The lowest BCUT2D eigenvalue weighted by Gasteiger charge is -2.27. The van der Waals surface area contributed by atoms with Crippen molar-refractivity contribution in [2.45, 2.75) is 52.1 Å². The highest BCUT2D eigenvalue weighted by molar-refractivity contribution is 6.31. The molecule has 148 valence electrons. The zero-order valence-corrected chi connectivity index (χ0v) is 17.3. The summed E-state index contributed by atoms with van der Waals surface area (Å²) in [7, 11) is 0. The van der Waals surface area contributed by atoms with Gasteiger partial charge in [0, 0.05) is 36.8 Å². The monoisotopic (exact) mass is 392 g/mol. The van der Waals surface area contributed by atoms with Crippen LogP contribution in [0.2, 0.25) is 5.02 Å². The predicted molar refractivity (Wildman–Crippen MR) is 110 cm³/mol. The van der Waals surface area contributed by atoms with Crippen molar-refractivity contribution in [3.63, 3.8) is 0 Å². The minimum Gasteiger partial charge on any atom is -0.333 e. The largest absolute Gasteiger partial charge is 0.333 e. The van der Waals surface area contributed by atoms with Crippen LogP contribution in [0.15, 0.2) is 24.4 Å². The molecule has 0 saturated carbocycles. The fraction of sp³-hybridized carbons (Fsp3) is 0.571. The lowest BCUT2D eigenvalue weighted by molar-refractivity contribution is 0.223. The van der Waals surface area contributed by atoms with Crippen molar-refractivity contribution in [1.82, 2.24) is 19.8 Å². The van der Waals surface area contributed by atoms with E-state index in [0.717, 1.165) is 62.6 Å². The zero-order chi connectivity index (χ0) is 19.4. The number of likely N-dealkylation sites (N-methyl/N-ethyl adjacent to an activating group) is 1. The Hall–Kier alpha value is -1.43. The normalized spacial score (nSPS) is 15.8. The fourth-order valence-corrected chi connectivity index (χ4v) is 4.01. The van der Waals surface area contributed by atoms with Crippen LogP contribution in [0.1, 0.15) is 45.4 Å². The highest BCUT2D eigenvalue weighted by Gasteiger charge is 2.22. The number of piperidine rings is 1. The van der Waals surface area contributed by atoms with Gasteiger partial charge >= 0.3 is 0 Å². The number of rotatable bonds is 7. The molecule has 0 atom stereocenters. The van der Waals surface area contributed by atoms with E-state index in [2.05, 4.69) is 41.8 Å². The summed E-state index contributed by atoms with van der Waals surface area (Å²) in [4.78, 5) is 7.42. The summed E-state index contributed by atoms with van der Waals surface area (Å²) in [5.41, 5.74) is 1.74. The number of hydrogen-bond donors (Lipinski definition) is 1. The third-order valence-electron chi connectivity index (χ3n) is 5.49. The summed E-state index contributed by atoms with van der Waals surface area (Å²) in [6.07, 6.45) is 4.31. The zero-order valence-electron chi connectivity index (χ0n) is 16.5. The van der Waals surface area contributed by atoms with Crippen LogP contribution in [0, 0.1) is 5.82 Å². The highest BCUT2D eigenvalue weighted by Crippen LogP contribution is 2.29. The van der Waals surface area contributed by atoms with Crippen molar-refractivity contribution in [2.75, 3.05) is 26.2 Å². The molecule has 2 heterocycles. The molecule has 3 rings (SSSR count). The molecule has 1 saturated heterocycles. The second kappa shape index (κ2) is 9.18. The Kier molecular flexibility index (Phi) is 6.90. The molecular weight excluding hydrogens is 363 g/mol. The average Bonchev–Trinajstić information content (AvgIpc) is 3.09. The predicted octanol–water partition coefficient (Wildman–Crippen LogP) is 4.54. The lowest BCUT2D eigenvalue weighted by atomic mass is 9.97. The molecule has 0 unspecified atom stereocenters. The topological polar surface area (TPSA) is 33.1 Å². The summed E-state index contributed by atoms with van der Waals surface area (Å²) >= 11 is 5.99. The van der Waals surface area contributed by atoms with Crippen molar-refractivity contribution >= 4 is 11.6 Å². The highest BCUT2D eigenvalue weighted by atomic mass is 35.5. The maximum atomic E-state index is 13.5. The molecule has 0 bridgehead atoms. The quantitative estimate of drug-likeness (QED) is 0.750. The van der Waals surface area contributed by atoms with Gasteiger partial charge in [-0.25, -0.2) is 9.37 Å². The van der Waals surface area contributed by atoms with Gasteiger partial charge in [-0.15, -0.1) is 0 Å². The lowest BCUT2D eigenvalue weighted by Crippen LogP contribution is -2.34. The van der Waals surface area contributed by atoms with Gasteiger partial charge in [0.25, 0.3) is 0 Å². The van der Waals surface area contributed by atoms with Gasteiger partial charge in [-0.05, 0) is 64.5 Å². The van der Waals surface area contributed by atoms with Gasteiger partial charge in [0.15, 0.2) is 0 Å². The van der Waals surface area contributed by atoms with Crippen LogP contribution in [-0.4, -0.2) is 46.7 Å². The number of imidazole rings is 1. The molecule has 1 N–H and O–H groups in total. The SMILES string of the molecule is CCN(CCn1cc(-c2ccc(F)c(Cl)c2)nc1C1CCNCC1)C(C)C. The Morgan fingerprint density at radius 2 is 2.07 bits per heavy atom. The molecule has 0 amide bonds. The standard InChI is InChI=1S/C21H30ClFN4/c1-4-26(15(2)3)11-12-27-14-20(17-5-6-19(23)18(22)13-17)25-21(27)16-7-9-24-10-8-16/h5-6,13-16,24H,4,7-12H2,1-3H3. The van der Waals surface area contributed by atoms with Gasteiger partial charge in [-0.3, -0.25) is 4.90 Å². The van der Waals surface area contributed by atoms with Crippen LogP contribution in [0.3, 0.4) is 0 Å². The molecular formula is C21H30ClFN4. The molecule has 1 fully saturated rings. The van der Waals surface area contributed by atoms with Crippen LogP contribution >= 0.6 is 11.6 Å². The Morgan fingerprint density at radius 3 is 2.70 bits per heavy atom. The van der Waals surface area contributed by atoms with E-state index in [1.54, 1.807) is 12.1 Å². The number of nitrogens with zero attached hydrogens (tertiary/aromatic N) is 3. The molecule has 0 aliphatic carbocycles. The van der Waals surface area contributed by atoms with Gasteiger partial charge < -0.3 is 9.88 Å². The van der Waals surface area contributed by atoms with Crippen LogP contribution in [0.4, 0.5) is 4.39 Å². The van der Waals surface area contributed by atoms with Gasteiger partial charge in [0.2, 0.25) is 0 Å². The first-order valence-electron chi connectivity index (χ1n) is 9.96. The smallest absolute Gasteiger partial charge is 0.141 e. The summed E-state index contributed by atoms with van der Waals surface area (Å²) in [5, 5.41) is 3.57. The third kappa shape index (κ3) is 4.89. The summed E-state index contributed by atoms with van der Waals surface area (Å²) < 4.78 is 15.8. The van der Waals surface area contributed by atoms with Crippen LogP contribution in [-0.2, 0) is 6.54 Å². The molecule has 6 heteroatoms. The van der Waals surface area contributed by atoms with E-state index in [0.29, 0.717) is 12.0 Å². The Labute approximate surface area is 166 Å². The van der Waals surface area contributed by atoms with Crippen molar-refractivity contribution in [2.24, 2.45) is 0 Å². The number of halogens is 2. The second-order valence-electron chi connectivity index (χ2n) is 7.55. The molecule has 1 aliphatic rings. The van der Waals surface area contributed by atoms with E-state index in [-0.39, 0.29) is 5.02 Å². The van der Waals surface area contributed by atoms with Crippen LogP contribution < -0.4 is 5.32 Å². The van der Waals surface area contributed by atoms with Crippen molar-refractivity contribution in [1.29, 1.82) is 0 Å².